The molecule has 18 heavy (non-hydrogen) atoms. The highest BCUT2D eigenvalue weighted by Gasteiger charge is 2.25. The van der Waals surface area contributed by atoms with Crippen LogP contribution in [0.15, 0.2) is 18.2 Å². The van der Waals surface area contributed by atoms with Gasteiger partial charge in [0.2, 0.25) is 0 Å². The Morgan fingerprint density at radius 1 is 1.39 bits per heavy atom. The topological polar surface area (TPSA) is 49.3 Å². The number of hydrogen-bond donors (Lipinski definition) is 2. The maximum absolute atomic E-state index is 11.9. The normalized spacial score (nSPS) is 11.3. The summed E-state index contributed by atoms with van der Waals surface area (Å²) >= 11 is 5.69. The summed E-state index contributed by atoms with van der Waals surface area (Å²) in [7, 11) is 0. The van der Waals surface area contributed by atoms with Crippen LogP contribution < -0.4 is 5.32 Å². The molecule has 0 amide bonds. The monoisotopic (exact) mass is 281 g/mol. The summed E-state index contributed by atoms with van der Waals surface area (Å²) in [6, 6.07) is 4.08. The van der Waals surface area contributed by atoms with Gasteiger partial charge in [-0.3, -0.25) is 0 Å². The molecule has 0 aliphatic rings. The predicted molar refractivity (Wildman–Crippen MR) is 62.2 cm³/mol. The number of carboxylic acid groups (broad SMARTS) is 1. The number of benzene rings is 1. The number of alkyl halides is 3. The minimum Gasteiger partial charge on any atom is -0.478 e. The van der Waals surface area contributed by atoms with Gasteiger partial charge in [-0.2, -0.15) is 13.2 Å². The summed E-state index contributed by atoms with van der Waals surface area (Å²) in [4.78, 5) is 10.9. The molecule has 0 fully saturated rings. The Bertz CT molecular complexity index is 435. The van der Waals surface area contributed by atoms with Crippen molar-refractivity contribution in [3.8, 4) is 0 Å². The first-order chi connectivity index (χ1) is 8.29. The zero-order valence-electron chi connectivity index (χ0n) is 9.22. The van der Waals surface area contributed by atoms with Crippen LogP contribution >= 0.6 is 11.6 Å². The van der Waals surface area contributed by atoms with Gasteiger partial charge in [0.1, 0.15) is 0 Å². The van der Waals surface area contributed by atoms with E-state index in [0.29, 0.717) is 5.02 Å². The molecule has 2 N–H and O–H groups in total. The average molecular weight is 282 g/mol. The molecule has 7 heteroatoms. The molecule has 0 aliphatic heterocycles. The third kappa shape index (κ3) is 4.83. The van der Waals surface area contributed by atoms with Gasteiger partial charge in [0.05, 0.1) is 11.3 Å². The van der Waals surface area contributed by atoms with Crippen molar-refractivity contribution in [1.82, 2.24) is 0 Å². The third-order valence-electron chi connectivity index (χ3n) is 2.16. The Kier molecular flexibility index (Phi) is 4.84. The molecule has 0 heterocycles. The first-order valence-corrected chi connectivity index (χ1v) is 5.51. The predicted octanol–water partition coefficient (Wildman–Crippen LogP) is 3.79. The number of carbonyl (C=O) groups is 1. The van der Waals surface area contributed by atoms with E-state index in [0.717, 1.165) is 0 Å². The van der Waals surface area contributed by atoms with Gasteiger partial charge in [-0.25, -0.2) is 4.79 Å². The van der Waals surface area contributed by atoms with E-state index in [1.54, 1.807) is 0 Å². The highest BCUT2D eigenvalue weighted by molar-refractivity contribution is 6.31. The smallest absolute Gasteiger partial charge is 0.389 e. The Labute approximate surface area is 107 Å². The molecule has 1 aromatic rings. The fourth-order valence-corrected chi connectivity index (χ4v) is 1.53. The highest BCUT2D eigenvalue weighted by Crippen LogP contribution is 2.23. The van der Waals surface area contributed by atoms with Crippen LogP contribution in [-0.2, 0) is 0 Å². The zero-order chi connectivity index (χ0) is 13.8. The first-order valence-electron chi connectivity index (χ1n) is 5.13. The van der Waals surface area contributed by atoms with Crippen molar-refractivity contribution in [2.75, 3.05) is 11.9 Å². The van der Waals surface area contributed by atoms with Crippen LogP contribution in [0.25, 0.3) is 0 Å². The first kappa shape index (κ1) is 14.6. The molecule has 0 aromatic heterocycles. The lowest BCUT2D eigenvalue weighted by Gasteiger charge is -2.11. The van der Waals surface area contributed by atoms with Crippen molar-refractivity contribution in [2.45, 2.75) is 19.0 Å². The molecule has 0 aliphatic carbocycles. The maximum Gasteiger partial charge on any atom is 0.389 e. The van der Waals surface area contributed by atoms with Crippen molar-refractivity contribution >= 4 is 23.3 Å². The van der Waals surface area contributed by atoms with Crippen molar-refractivity contribution in [1.29, 1.82) is 0 Å². The standard InChI is InChI=1S/C11H11ClF3NO2/c12-7-2-3-8(10(17)18)9(6-7)16-5-1-4-11(13,14)15/h2-3,6,16H,1,4-5H2,(H,17,18). The van der Waals surface area contributed by atoms with Crippen LogP contribution in [0.5, 0.6) is 0 Å². The summed E-state index contributed by atoms with van der Waals surface area (Å²) in [5.74, 6) is -1.16. The van der Waals surface area contributed by atoms with Crippen LogP contribution in [-0.4, -0.2) is 23.8 Å². The second-order valence-electron chi connectivity index (χ2n) is 3.64. The van der Waals surface area contributed by atoms with E-state index in [9.17, 15) is 18.0 Å². The van der Waals surface area contributed by atoms with Crippen LogP contribution in [0, 0.1) is 0 Å². The third-order valence-corrected chi connectivity index (χ3v) is 2.40. The van der Waals surface area contributed by atoms with Gasteiger partial charge < -0.3 is 10.4 Å². The number of halogens is 4. The zero-order valence-corrected chi connectivity index (χ0v) is 9.98. The average Bonchev–Trinajstić information content (AvgIpc) is 2.22. The summed E-state index contributed by atoms with van der Waals surface area (Å²) in [5.41, 5.74) is 0.198. The Balaban J connectivity index is 2.61. The molecule has 0 spiro atoms. The summed E-state index contributed by atoms with van der Waals surface area (Å²) in [6.07, 6.45) is -5.25. The molecule has 0 atom stereocenters. The molecule has 1 rings (SSSR count). The van der Waals surface area contributed by atoms with E-state index in [4.69, 9.17) is 16.7 Å². The van der Waals surface area contributed by atoms with Crippen LogP contribution in [0.4, 0.5) is 18.9 Å². The fraction of sp³-hybridized carbons (Fsp3) is 0.364. The van der Waals surface area contributed by atoms with Gasteiger partial charge in [-0.1, -0.05) is 11.6 Å². The van der Waals surface area contributed by atoms with Crippen molar-refractivity contribution in [2.24, 2.45) is 0 Å². The molecule has 100 valence electrons. The van der Waals surface area contributed by atoms with Crippen LogP contribution in [0.1, 0.15) is 23.2 Å². The summed E-state index contributed by atoms with van der Waals surface area (Å²) < 4.78 is 35.7. The Hall–Kier alpha value is -1.43. The molecular formula is C11H11ClF3NO2. The number of nitrogens with one attached hydrogen (secondary N) is 1. The summed E-state index contributed by atoms with van der Waals surface area (Å²) in [6.45, 7) is 0.0279. The number of rotatable bonds is 5. The Morgan fingerprint density at radius 2 is 2.06 bits per heavy atom. The number of hydrogen-bond acceptors (Lipinski definition) is 2. The Morgan fingerprint density at radius 3 is 2.61 bits per heavy atom. The van der Waals surface area contributed by atoms with E-state index in [2.05, 4.69) is 5.32 Å². The lowest BCUT2D eigenvalue weighted by atomic mass is 10.1. The summed E-state index contributed by atoms with van der Waals surface area (Å²) in [5, 5.41) is 11.8. The molecule has 3 nitrogen and oxygen atoms in total. The van der Waals surface area contributed by atoms with E-state index in [-0.39, 0.29) is 24.2 Å². The van der Waals surface area contributed by atoms with Crippen LogP contribution in [0.3, 0.4) is 0 Å². The maximum atomic E-state index is 11.9. The largest absolute Gasteiger partial charge is 0.478 e. The second-order valence-corrected chi connectivity index (χ2v) is 4.08. The molecule has 0 saturated carbocycles. The van der Waals surface area contributed by atoms with E-state index >= 15 is 0 Å². The van der Waals surface area contributed by atoms with Gasteiger partial charge in [0.15, 0.2) is 0 Å². The highest BCUT2D eigenvalue weighted by atomic mass is 35.5. The fourth-order valence-electron chi connectivity index (χ4n) is 1.36. The second kappa shape index (κ2) is 5.95. The molecule has 0 unspecified atom stereocenters. The lowest BCUT2D eigenvalue weighted by molar-refractivity contribution is -0.134. The molecule has 0 radical (unpaired) electrons. The van der Waals surface area contributed by atoms with Crippen molar-refractivity contribution in [3.63, 3.8) is 0 Å². The van der Waals surface area contributed by atoms with Crippen molar-refractivity contribution in [3.05, 3.63) is 28.8 Å². The minimum absolute atomic E-state index is 0.0218. The SMILES string of the molecule is O=C(O)c1ccc(Cl)cc1NCCCC(F)(F)F. The molecule has 1 aromatic carbocycles. The lowest BCUT2D eigenvalue weighted by Crippen LogP contribution is -2.12. The number of anilines is 1. The van der Waals surface area contributed by atoms with E-state index in [1.165, 1.54) is 18.2 Å². The van der Waals surface area contributed by atoms with E-state index in [1.807, 2.05) is 0 Å². The molecule has 0 saturated heterocycles. The quantitative estimate of drug-likeness (QED) is 0.807. The number of carboxylic acids is 1. The van der Waals surface area contributed by atoms with Gasteiger partial charge >= 0.3 is 12.1 Å². The van der Waals surface area contributed by atoms with E-state index < -0.39 is 18.6 Å². The molecular weight excluding hydrogens is 271 g/mol. The van der Waals surface area contributed by atoms with Gasteiger partial charge in [-0.05, 0) is 24.6 Å². The van der Waals surface area contributed by atoms with Gasteiger partial charge in [0, 0.05) is 18.0 Å². The number of aromatic carboxylic acids is 1. The minimum atomic E-state index is -4.20. The van der Waals surface area contributed by atoms with Crippen molar-refractivity contribution < 1.29 is 23.1 Å². The van der Waals surface area contributed by atoms with Gasteiger partial charge in [0.25, 0.3) is 0 Å². The van der Waals surface area contributed by atoms with Crippen LogP contribution in [0.2, 0.25) is 5.02 Å². The van der Waals surface area contributed by atoms with Gasteiger partial charge in [-0.15, -0.1) is 0 Å². The molecule has 0 bridgehead atoms.